The number of nitrogens with zero attached hydrogens (tertiary/aromatic N) is 1. The lowest BCUT2D eigenvalue weighted by Crippen LogP contribution is -2.50. The lowest BCUT2D eigenvalue weighted by molar-refractivity contribution is -0.132. The Hall–Kier alpha value is -1.10. The molecule has 1 atom stereocenters. The van der Waals surface area contributed by atoms with Crippen LogP contribution in [0.2, 0.25) is 0 Å². The number of hydrogen-bond acceptors (Lipinski definition) is 3. The van der Waals surface area contributed by atoms with Crippen LogP contribution in [0.1, 0.15) is 12.8 Å². The Labute approximate surface area is 82.1 Å². The number of amides is 1. The topological polar surface area (TPSA) is 69.6 Å². The number of carboxylic acid groups (broad SMARTS) is 1. The first-order valence-electron chi connectivity index (χ1n) is 4.86. The summed E-state index contributed by atoms with van der Waals surface area (Å²) >= 11 is 0. The van der Waals surface area contributed by atoms with Crippen molar-refractivity contribution in [1.82, 2.24) is 10.2 Å². The number of carbonyl (C=O) groups excluding carboxylic acids is 1. The van der Waals surface area contributed by atoms with Crippen molar-refractivity contribution >= 4 is 11.9 Å². The van der Waals surface area contributed by atoms with Gasteiger partial charge >= 0.3 is 6.09 Å². The van der Waals surface area contributed by atoms with Crippen LogP contribution in [0.5, 0.6) is 0 Å². The van der Waals surface area contributed by atoms with E-state index in [9.17, 15) is 9.59 Å². The highest BCUT2D eigenvalue weighted by Gasteiger charge is 2.44. The molecule has 78 valence electrons. The Balaban J connectivity index is 2.07. The quantitative estimate of drug-likeness (QED) is 0.571. The van der Waals surface area contributed by atoms with Crippen LogP contribution in [0.4, 0.5) is 4.79 Å². The highest BCUT2D eigenvalue weighted by atomic mass is 16.4. The average Bonchev–Trinajstić information content (AvgIpc) is 2.59. The SMILES string of the molecule is O=C(O)N1CCC2(CCNC2)C(=O)C1. The molecule has 2 N–H and O–H groups in total. The van der Waals surface area contributed by atoms with E-state index in [1.54, 1.807) is 0 Å². The molecule has 14 heavy (non-hydrogen) atoms. The monoisotopic (exact) mass is 198 g/mol. The van der Waals surface area contributed by atoms with Crippen molar-refractivity contribution in [3.63, 3.8) is 0 Å². The molecule has 2 aliphatic rings. The molecule has 2 aliphatic heterocycles. The summed E-state index contributed by atoms with van der Waals surface area (Å²) in [6.45, 7) is 2.15. The van der Waals surface area contributed by atoms with E-state index in [2.05, 4.69) is 5.32 Å². The van der Waals surface area contributed by atoms with Crippen molar-refractivity contribution < 1.29 is 14.7 Å². The number of rotatable bonds is 0. The number of carbonyl (C=O) groups is 2. The van der Waals surface area contributed by atoms with Crippen LogP contribution in [0, 0.1) is 5.41 Å². The fourth-order valence-corrected chi connectivity index (χ4v) is 2.27. The van der Waals surface area contributed by atoms with Gasteiger partial charge in [-0.15, -0.1) is 0 Å². The van der Waals surface area contributed by atoms with Gasteiger partial charge in [-0.25, -0.2) is 4.79 Å². The third kappa shape index (κ3) is 1.37. The second kappa shape index (κ2) is 3.24. The van der Waals surface area contributed by atoms with E-state index in [4.69, 9.17) is 5.11 Å². The molecular formula is C9H14N2O3. The molecule has 0 aromatic rings. The molecule has 1 amide bonds. The molecule has 1 unspecified atom stereocenters. The number of likely N-dealkylation sites (tertiary alicyclic amines) is 1. The van der Waals surface area contributed by atoms with E-state index in [0.29, 0.717) is 13.0 Å². The molecular weight excluding hydrogens is 184 g/mol. The van der Waals surface area contributed by atoms with E-state index in [1.165, 1.54) is 4.90 Å². The van der Waals surface area contributed by atoms with Gasteiger partial charge in [0.05, 0.1) is 6.54 Å². The maximum Gasteiger partial charge on any atom is 0.407 e. The van der Waals surface area contributed by atoms with Crippen LogP contribution in [0.3, 0.4) is 0 Å². The zero-order chi connectivity index (χ0) is 10.2. The lowest BCUT2D eigenvalue weighted by atomic mass is 9.77. The summed E-state index contributed by atoms with van der Waals surface area (Å²) in [6, 6.07) is 0. The Morgan fingerprint density at radius 1 is 1.50 bits per heavy atom. The van der Waals surface area contributed by atoms with Gasteiger partial charge in [-0.2, -0.15) is 0 Å². The number of Topliss-reactive ketones (excluding diaryl/α,β-unsaturated/α-hetero) is 1. The van der Waals surface area contributed by atoms with Gasteiger partial charge in [-0.3, -0.25) is 4.79 Å². The zero-order valence-electron chi connectivity index (χ0n) is 7.95. The summed E-state index contributed by atoms with van der Waals surface area (Å²) in [4.78, 5) is 23.6. The third-order valence-corrected chi connectivity index (χ3v) is 3.30. The van der Waals surface area contributed by atoms with Gasteiger partial charge in [0.15, 0.2) is 5.78 Å². The maximum absolute atomic E-state index is 11.8. The molecule has 2 fully saturated rings. The summed E-state index contributed by atoms with van der Waals surface area (Å²) < 4.78 is 0. The summed E-state index contributed by atoms with van der Waals surface area (Å²) in [5.74, 6) is 0.0798. The van der Waals surface area contributed by atoms with Gasteiger partial charge in [-0.05, 0) is 19.4 Å². The van der Waals surface area contributed by atoms with Crippen LogP contribution < -0.4 is 5.32 Å². The van der Waals surface area contributed by atoms with Gasteiger partial charge < -0.3 is 15.3 Å². The fourth-order valence-electron chi connectivity index (χ4n) is 2.27. The van der Waals surface area contributed by atoms with Crippen LogP contribution in [-0.2, 0) is 4.79 Å². The maximum atomic E-state index is 11.8. The van der Waals surface area contributed by atoms with E-state index < -0.39 is 6.09 Å². The van der Waals surface area contributed by atoms with Crippen molar-refractivity contribution in [2.75, 3.05) is 26.2 Å². The molecule has 0 aliphatic carbocycles. The van der Waals surface area contributed by atoms with E-state index >= 15 is 0 Å². The predicted molar refractivity (Wildman–Crippen MR) is 49.1 cm³/mol. The Bertz CT molecular complexity index is 271. The number of nitrogens with one attached hydrogen (secondary N) is 1. The minimum Gasteiger partial charge on any atom is -0.465 e. The molecule has 2 heterocycles. The molecule has 0 aromatic carbocycles. The third-order valence-electron chi connectivity index (χ3n) is 3.30. The van der Waals surface area contributed by atoms with Gasteiger partial charge in [0.1, 0.15) is 0 Å². The Morgan fingerprint density at radius 2 is 2.29 bits per heavy atom. The highest BCUT2D eigenvalue weighted by Crippen LogP contribution is 2.34. The predicted octanol–water partition coefficient (Wildman–Crippen LogP) is -0.0811. The molecule has 5 nitrogen and oxygen atoms in total. The number of piperidine rings is 1. The molecule has 2 saturated heterocycles. The summed E-state index contributed by atoms with van der Waals surface area (Å²) in [5, 5.41) is 11.9. The minimum absolute atomic E-state index is 0.0665. The fraction of sp³-hybridized carbons (Fsp3) is 0.778. The van der Waals surface area contributed by atoms with Crippen molar-refractivity contribution in [1.29, 1.82) is 0 Å². The zero-order valence-corrected chi connectivity index (χ0v) is 7.95. The molecule has 0 aromatic heterocycles. The molecule has 0 saturated carbocycles. The van der Waals surface area contributed by atoms with Crippen molar-refractivity contribution in [3.05, 3.63) is 0 Å². The normalized spacial score (nSPS) is 32.6. The molecule has 0 bridgehead atoms. The van der Waals surface area contributed by atoms with Gasteiger partial charge in [-0.1, -0.05) is 0 Å². The van der Waals surface area contributed by atoms with Crippen molar-refractivity contribution in [2.45, 2.75) is 12.8 Å². The summed E-state index contributed by atoms with van der Waals surface area (Å²) in [7, 11) is 0. The van der Waals surface area contributed by atoms with Gasteiger partial charge in [0.25, 0.3) is 0 Å². The van der Waals surface area contributed by atoms with Gasteiger partial charge in [0.2, 0.25) is 0 Å². The van der Waals surface area contributed by atoms with E-state index in [1.807, 2.05) is 0 Å². The smallest absolute Gasteiger partial charge is 0.407 e. The van der Waals surface area contributed by atoms with Crippen LogP contribution >= 0.6 is 0 Å². The first-order chi connectivity index (χ1) is 6.64. The molecule has 5 heteroatoms. The summed E-state index contributed by atoms with van der Waals surface area (Å²) in [5.41, 5.74) is -0.258. The lowest BCUT2D eigenvalue weighted by Gasteiger charge is -2.35. The standard InChI is InChI=1S/C9H14N2O3/c12-7-5-11(8(13)14)4-2-9(7)1-3-10-6-9/h10H,1-6H2,(H,13,14). The first kappa shape index (κ1) is 9.45. The molecule has 2 rings (SSSR count). The number of ketones is 1. The van der Waals surface area contributed by atoms with E-state index in [-0.39, 0.29) is 17.7 Å². The van der Waals surface area contributed by atoms with Crippen LogP contribution in [-0.4, -0.2) is 48.1 Å². The Kier molecular flexibility index (Phi) is 2.19. The van der Waals surface area contributed by atoms with Crippen molar-refractivity contribution in [3.8, 4) is 0 Å². The van der Waals surface area contributed by atoms with Crippen LogP contribution in [0.15, 0.2) is 0 Å². The largest absolute Gasteiger partial charge is 0.465 e. The number of hydrogen-bond donors (Lipinski definition) is 2. The highest BCUT2D eigenvalue weighted by molar-refractivity contribution is 5.90. The second-order valence-electron chi connectivity index (χ2n) is 4.08. The molecule has 0 radical (unpaired) electrons. The first-order valence-corrected chi connectivity index (χ1v) is 4.86. The van der Waals surface area contributed by atoms with E-state index in [0.717, 1.165) is 19.5 Å². The molecule has 1 spiro atoms. The second-order valence-corrected chi connectivity index (χ2v) is 4.08. The van der Waals surface area contributed by atoms with Crippen molar-refractivity contribution in [2.24, 2.45) is 5.41 Å². The van der Waals surface area contributed by atoms with Gasteiger partial charge in [0, 0.05) is 18.5 Å². The average molecular weight is 198 g/mol. The minimum atomic E-state index is -0.987. The summed E-state index contributed by atoms with van der Waals surface area (Å²) in [6.07, 6.45) is 0.545. The Morgan fingerprint density at radius 3 is 2.79 bits per heavy atom. The van der Waals surface area contributed by atoms with Crippen LogP contribution in [0.25, 0.3) is 0 Å².